The zero-order chi connectivity index (χ0) is 12.0. The minimum absolute atomic E-state index is 0.182. The quantitative estimate of drug-likeness (QED) is 0.770. The molecule has 0 amide bonds. The van der Waals surface area contributed by atoms with E-state index in [-0.39, 0.29) is 12.6 Å². The van der Waals surface area contributed by atoms with Crippen molar-refractivity contribution in [2.24, 2.45) is 0 Å². The van der Waals surface area contributed by atoms with Crippen LogP contribution in [0.15, 0.2) is 18.2 Å². The van der Waals surface area contributed by atoms with Gasteiger partial charge in [-0.2, -0.15) is 0 Å². The van der Waals surface area contributed by atoms with Crippen LogP contribution in [0.25, 0.3) is 0 Å². The molecule has 16 heavy (non-hydrogen) atoms. The number of likely N-dealkylation sites (N-methyl/N-ethyl adjacent to an activating group) is 1. The molecule has 0 aliphatic carbocycles. The third kappa shape index (κ3) is 3.83. The summed E-state index contributed by atoms with van der Waals surface area (Å²) in [6.45, 7) is 4.88. The number of hydrogen-bond donors (Lipinski definition) is 2. The van der Waals surface area contributed by atoms with Crippen molar-refractivity contribution < 1.29 is 9.84 Å². The van der Waals surface area contributed by atoms with E-state index in [2.05, 4.69) is 18.3 Å². The van der Waals surface area contributed by atoms with E-state index in [1.54, 1.807) is 0 Å². The number of nitrogens with one attached hydrogen (secondary N) is 1. The first kappa shape index (κ1) is 13.0. The standard InChI is InChI=1S/C13H21NO2/c1-10-4-5-13(11(2)8-10)16-9-12(14-3)6-7-15/h4-5,8,12,14-15H,6-7,9H2,1-3H3. The summed E-state index contributed by atoms with van der Waals surface area (Å²) in [6, 6.07) is 6.35. The van der Waals surface area contributed by atoms with Crippen LogP contribution in [0, 0.1) is 13.8 Å². The number of rotatable bonds is 6. The van der Waals surface area contributed by atoms with Crippen molar-refractivity contribution in [2.75, 3.05) is 20.3 Å². The van der Waals surface area contributed by atoms with Gasteiger partial charge < -0.3 is 15.2 Å². The zero-order valence-electron chi connectivity index (χ0n) is 10.3. The van der Waals surface area contributed by atoms with E-state index in [1.807, 2.05) is 26.1 Å². The van der Waals surface area contributed by atoms with E-state index in [0.717, 1.165) is 11.3 Å². The minimum Gasteiger partial charge on any atom is -0.492 e. The number of benzene rings is 1. The molecular formula is C13H21NO2. The fourth-order valence-corrected chi connectivity index (χ4v) is 1.62. The number of aryl methyl sites for hydroxylation is 2. The van der Waals surface area contributed by atoms with E-state index < -0.39 is 0 Å². The van der Waals surface area contributed by atoms with Gasteiger partial charge in [0.05, 0.1) is 0 Å². The Morgan fingerprint density at radius 1 is 1.38 bits per heavy atom. The average molecular weight is 223 g/mol. The minimum atomic E-state index is 0.182. The first-order chi connectivity index (χ1) is 7.67. The van der Waals surface area contributed by atoms with E-state index in [1.165, 1.54) is 5.56 Å². The Kier molecular flexibility index (Phi) is 5.29. The van der Waals surface area contributed by atoms with Crippen molar-refractivity contribution in [3.8, 4) is 5.75 Å². The van der Waals surface area contributed by atoms with Crippen LogP contribution in [0.2, 0.25) is 0 Å². The summed E-state index contributed by atoms with van der Waals surface area (Å²) in [5.41, 5.74) is 2.39. The maximum Gasteiger partial charge on any atom is 0.122 e. The Bertz CT molecular complexity index is 326. The lowest BCUT2D eigenvalue weighted by molar-refractivity contribution is 0.218. The summed E-state index contributed by atoms with van der Waals surface area (Å²) < 4.78 is 5.72. The fraction of sp³-hybridized carbons (Fsp3) is 0.538. The third-order valence-electron chi connectivity index (χ3n) is 2.66. The zero-order valence-corrected chi connectivity index (χ0v) is 10.3. The Balaban J connectivity index is 2.53. The average Bonchev–Trinajstić information content (AvgIpc) is 2.26. The monoisotopic (exact) mass is 223 g/mol. The summed E-state index contributed by atoms with van der Waals surface area (Å²) in [5, 5.41) is 12.0. The molecule has 3 heteroatoms. The lowest BCUT2D eigenvalue weighted by atomic mass is 10.1. The largest absolute Gasteiger partial charge is 0.492 e. The summed E-state index contributed by atoms with van der Waals surface area (Å²) in [7, 11) is 1.88. The Morgan fingerprint density at radius 3 is 2.69 bits per heavy atom. The highest BCUT2D eigenvalue weighted by atomic mass is 16.5. The molecule has 90 valence electrons. The van der Waals surface area contributed by atoms with Gasteiger partial charge in [-0.25, -0.2) is 0 Å². The van der Waals surface area contributed by atoms with Gasteiger partial charge in [0.2, 0.25) is 0 Å². The van der Waals surface area contributed by atoms with Crippen molar-refractivity contribution in [3.63, 3.8) is 0 Å². The molecule has 0 heterocycles. The third-order valence-corrected chi connectivity index (χ3v) is 2.66. The molecule has 1 aromatic rings. The van der Waals surface area contributed by atoms with Gasteiger partial charge in [0.1, 0.15) is 12.4 Å². The normalized spacial score (nSPS) is 12.5. The van der Waals surface area contributed by atoms with Gasteiger partial charge in [0, 0.05) is 12.6 Å². The number of hydrogen-bond acceptors (Lipinski definition) is 3. The summed E-state index contributed by atoms with van der Waals surface area (Å²) in [5.74, 6) is 0.920. The van der Waals surface area contributed by atoms with Crippen molar-refractivity contribution in [1.82, 2.24) is 5.32 Å². The predicted molar refractivity (Wildman–Crippen MR) is 66.0 cm³/mol. The van der Waals surface area contributed by atoms with Gasteiger partial charge in [0.15, 0.2) is 0 Å². The molecule has 0 radical (unpaired) electrons. The van der Waals surface area contributed by atoms with Crippen LogP contribution in [-0.2, 0) is 0 Å². The summed E-state index contributed by atoms with van der Waals surface area (Å²) >= 11 is 0. The summed E-state index contributed by atoms with van der Waals surface area (Å²) in [4.78, 5) is 0. The highest BCUT2D eigenvalue weighted by molar-refractivity contribution is 5.35. The Hall–Kier alpha value is -1.06. The van der Waals surface area contributed by atoms with E-state index >= 15 is 0 Å². The first-order valence-corrected chi connectivity index (χ1v) is 5.65. The number of ether oxygens (including phenoxy) is 1. The Labute approximate surface area is 97.4 Å². The number of aliphatic hydroxyl groups is 1. The van der Waals surface area contributed by atoms with Gasteiger partial charge in [-0.1, -0.05) is 17.7 Å². The highest BCUT2D eigenvalue weighted by Gasteiger charge is 2.07. The SMILES string of the molecule is CNC(CCO)COc1ccc(C)cc1C. The lowest BCUT2D eigenvalue weighted by Crippen LogP contribution is -2.32. The molecule has 0 bridgehead atoms. The molecule has 0 saturated carbocycles. The van der Waals surface area contributed by atoms with Crippen LogP contribution in [0.3, 0.4) is 0 Å². The second-order valence-corrected chi connectivity index (χ2v) is 4.08. The lowest BCUT2D eigenvalue weighted by Gasteiger charge is -2.17. The van der Waals surface area contributed by atoms with Crippen LogP contribution in [-0.4, -0.2) is 31.4 Å². The molecule has 0 saturated heterocycles. The second-order valence-electron chi connectivity index (χ2n) is 4.08. The van der Waals surface area contributed by atoms with Gasteiger partial charge in [-0.3, -0.25) is 0 Å². The molecule has 0 aliphatic rings. The highest BCUT2D eigenvalue weighted by Crippen LogP contribution is 2.18. The molecule has 1 atom stereocenters. The molecule has 0 aliphatic heterocycles. The van der Waals surface area contributed by atoms with Crippen molar-refractivity contribution in [2.45, 2.75) is 26.3 Å². The van der Waals surface area contributed by atoms with E-state index in [4.69, 9.17) is 9.84 Å². The Morgan fingerprint density at radius 2 is 2.12 bits per heavy atom. The van der Waals surface area contributed by atoms with Crippen molar-refractivity contribution in [3.05, 3.63) is 29.3 Å². The molecule has 3 nitrogen and oxygen atoms in total. The molecular weight excluding hydrogens is 202 g/mol. The van der Waals surface area contributed by atoms with Crippen LogP contribution < -0.4 is 10.1 Å². The topological polar surface area (TPSA) is 41.5 Å². The van der Waals surface area contributed by atoms with Crippen LogP contribution in [0.4, 0.5) is 0 Å². The molecule has 1 unspecified atom stereocenters. The van der Waals surface area contributed by atoms with E-state index in [9.17, 15) is 0 Å². The first-order valence-electron chi connectivity index (χ1n) is 5.65. The van der Waals surface area contributed by atoms with E-state index in [0.29, 0.717) is 13.0 Å². The van der Waals surface area contributed by atoms with Crippen molar-refractivity contribution in [1.29, 1.82) is 0 Å². The predicted octanol–water partition coefficient (Wildman–Crippen LogP) is 1.65. The van der Waals surface area contributed by atoms with Crippen molar-refractivity contribution >= 4 is 0 Å². The van der Waals surface area contributed by atoms with Crippen LogP contribution in [0.1, 0.15) is 17.5 Å². The van der Waals surface area contributed by atoms with Gasteiger partial charge in [0.25, 0.3) is 0 Å². The van der Waals surface area contributed by atoms with Gasteiger partial charge >= 0.3 is 0 Å². The molecule has 0 spiro atoms. The molecule has 0 fully saturated rings. The summed E-state index contributed by atoms with van der Waals surface area (Å²) in [6.07, 6.45) is 0.710. The smallest absolute Gasteiger partial charge is 0.122 e. The molecule has 2 N–H and O–H groups in total. The fourth-order valence-electron chi connectivity index (χ4n) is 1.62. The van der Waals surface area contributed by atoms with Crippen LogP contribution in [0.5, 0.6) is 5.75 Å². The van der Waals surface area contributed by atoms with Gasteiger partial charge in [-0.05, 0) is 38.9 Å². The molecule has 1 rings (SSSR count). The molecule has 0 aromatic heterocycles. The van der Waals surface area contributed by atoms with Gasteiger partial charge in [-0.15, -0.1) is 0 Å². The maximum absolute atomic E-state index is 8.86. The number of aliphatic hydroxyl groups excluding tert-OH is 1. The maximum atomic E-state index is 8.86. The van der Waals surface area contributed by atoms with Crippen LogP contribution >= 0.6 is 0 Å². The second kappa shape index (κ2) is 6.51. The molecule has 1 aromatic carbocycles.